The molecule has 0 bridgehead atoms. The number of hydrogen-bond donors (Lipinski definition) is 1. The monoisotopic (exact) mass is 272 g/mol. The standard InChI is InChI=1S/C15H32N2S/c1-13(2)17(5)10-7-6-9-16-14-12-18-11-8-15(14,3)4/h13-14,16H,6-12H2,1-5H3. The Labute approximate surface area is 118 Å². The van der Waals surface area contributed by atoms with Crippen molar-refractivity contribution in [3.05, 3.63) is 0 Å². The van der Waals surface area contributed by atoms with Gasteiger partial charge in [-0.3, -0.25) is 0 Å². The first-order valence-corrected chi connectivity index (χ1v) is 8.60. The lowest BCUT2D eigenvalue weighted by molar-refractivity contribution is 0.239. The fourth-order valence-corrected chi connectivity index (χ4v) is 3.93. The summed E-state index contributed by atoms with van der Waals surface area (Å²) in [6.07, 6.45) is 3.96. The highest BCUT2D eigenvalue weighted by molar-refractivity contribution is 7.99. The van der Waals surface area contributed by atoms with Gasteiger partial charge in [0.1, 0.15) is 0 Å². The van der Waals surface area contributed by atoms with Crippen molar-refractivity contribution in [2.75, 3.05) is 31.6 Å². The molecule has 1 aliphatic rings. The van der Waals surface area contributed by atoms with Crippen LogP contribution in [0, 0.1) is 5.41 Å². The summed E-state index contributed by atoms with van der Waals surface area (Å²) in [6.45, 7) is 11.8. The first kappa shape index (κ1) is 16.3. The molecule has 1 fully saturated rings. The first-order valence-electron chi connectivity index (χ1n) is 7.45. The summed E-state index contributed by atoms with van der Waals surface area (Å²) in [5.41, 5.74) is 0.486. The van der Waals surface area contributed by atoms with Crippen molar-refractivity contribution >= 4 is 11.8 Å². The van der Waals surface area contributed by atoms with Gasteiger partial charge in [0.15, 0.2) is 0 Å². The highest BCUT2D eigenvalue weighted by Gasteiger charge is 2.31. The molecule has 0 radical (unpaired) electrons. The largest absolute Gasteiger partial charge is 0.313 e. The summed E-state index contributed by atoms with van der Waals surface area (Å²) in [5, 5.41) is 3.78. The van der Waals surface area contributed by atoms with Gasteiger partial charge >= 0.3 is 0 Å². The zero-order valence-corrected chi connectivity index (χ0v) is 13.8. The molecule has 1 saturated heterocycles. The van der Waals surface area contributed by atoms with Crippen LogP contribution < -0.4 is 5.32 Å². The van der Waals surface area contributed by atoms with Gasteiger partial charge in [0.05, 0.1) is 0 Å². The van der Waals surface area contributed by atoms with E-state index in [0.29, 0.717) is 17.5 Å². The molecule has 18 heavy (non-hydrogen) atoms. The van der Waals surface area contributed by atoms with E-state index in [1.165, 1.54) is 43.9 Å². The lowest BCUT2D eigenvalue weighted by Gasteiger charge is -2.39. The van der Waals surface area contributed by atoms with Crippen LogP contribution in [0.2, 0.25) is 0 Å². The van der Waals surface area contributed by atoms with Crippen molar-refractivity contribution < 1.29 is 0 Å². The van der Waals surface area contributed by atoms with E-state index in [4.69, 9.17) is 0 Å². The van der Waals surface area contributed by atoms with E-state index >= 15 is 0 Å². The summed E-state index contributed by atoms with van der Waals surface area (Å²) < 4.78 is 0. The number of hydrogen-bond acceptors (Lipinski definition) is 3. The van der Waals surface area contributed by atoms with Crippen molar-refractivity contribution in [3.63, 3.8) is 0 Å². The first-order chi connectivity index (χ1) is 8.43. The van der Waals surface area contributed by atoms with E-state index in [1.807, 2.05) is 0 Å². The SMILES string of the molecule is CC(C)N(C)CCCCNC1CSCCC1(C)C. The quantitative estimate of drug-likeness (QED) is 0.716. The predicted octanol–water partition coefficient (Wildman–Crippen LogP) is 3.23. The van der Waals surface area contributed by atoms with Crippen LogP contribution in [0.4, 0.5) is 0 Å². The van der Waals surface area contributed by atoms with Crippen molar-refractivity contribution in [3.8, 4) is 0 Å². The Balaban J connectivity index is 2.10. The van der Waals surface area contributed by atoms with Gasteiger partial charge in [-0.25, -0.2) is 0 Å². The van der Waals surface area contributed by atoms with Gasteiger partial charge in [-0.05, 0) is 64.4 Å². The fraction of sp³-hybridized carbons (Fsp3) is 1.00. The van der Waals surface area contributed by atoms with E-state index in [1.54, 1.807) is 0 Å². The minimum Gasteiger partial charge on any atom is -0.313 e. The van der Waals surface area contributed by atoms with Gasteiger partial charge in [0, 0.05) is 17.8 Å². The number of nitrogens with one attached hydrogen (secondary N) is 1. The Morgan fingerprint density at radius 3 is 2.67 bits per heavy atom. The van der Waals surface area contributed by atoms with Crippen molar-refractivity contribution in [2.24, 2.45) is 5.41 Å². The smallest absolute Gasteiger partial charge is 0.0209 e. The molecule has 0 spiro atoms. The van der Waals surface area contributed by atoms with Gasteiger partial charge in [0.2, 0.25) is 0 Å². The number of nitrogens with zero attached hydrogens (tertiary/aromatic N) is 1. The average Bonchev–Trinajstić information content (AvgIpc) is 2.29. The van der Waals surface area contributed by atoms with E-state index in [9.17, 15) is 0 Å². The highest BCUT2D eigenvalue weighted by atomic mass is 32.2. The summed E-state index contributed by atoms with van der Waals surface area (Å²) in [6, 6.07) is 1.38. The molecule has 0 aromatic carbocycles. The van der Waals surface area contributed by atoms with Crippen LogP contribution in [0.1, 0.15) is 47.0 Å². The zero-order valence-electron chi connectivity index (χ0n) is 13.0. The molecule has 0 aliphatic carbocycles. The molecule has 3 heteroatoms. The van der Waals surface area contributed by atoms with Gasteiger partial charge in [0.25, 0.3) is 0 Å². The molecule has 1 N–H and O–H groups in total. The molecule has 1 unspecified atom stereocenters. The molecule has 0 aromatic rings. The number of rotatable bonds is 7. The molecular weight excluding hydrogens is 240 g/mol. The summed E-state index contributed by atoms with van der Waals surface area (Å²) in [5.74, 6) is 2.63. The normalized spacial score (nSPS) is 23.8. The number of unbranched alkanes of at least 4 members (excludes halogenated alkanes) is 1. The molecule has 1 rings (SSSR count). The van der Waals surface area contributed by atoms with Gasteiger partial charge in [-0.2, -0.15) is 11.8 Å². The molecule has 1 aliphatic heterocycles. The topological polar surface area (TPSA) is 15.3 Å². The lowest BCUT2D eigenvalue weighted by Crippen LogP contribution is -2.46. The second-order valence-corrected chi connectivity index (χ2v) is 7.75. The van der Waals surface area contributed by atoms with Crippen molar-refractivity contribution in [1.82, 2.24) is 10.2 Å². The van der Waals surface area contributed by atoms with Crippen LogP contribution in [-0.2, 0) is 0 Å². The third-order valence-corrected chi connectivity index (χ3v) is 5.39. The summed E-state index contributed by atoms with van der Waals surface area (Å²) in [7, 11) is 2.22. The summed E-state index contributed by atoms with van der Waals surface area (Å²) >= 11 is 2.11. The molecule has 108 valence electrons. The zero-order chi connectivity index (χ0) is 13.6. The maximum atomic E-state index is 3.78. The van der Waals surface area contributed by atoms with E-state index < -0.39 is 0 Å². The van der Waals surface area contributed by atoms with Crippen LogP contribution in [-0.4, -0.2) is 48.6 Å². The number of thioether (sulfide) groups is 1. The molecule has 0 amide bonds. The van der Waals surface area contributed by atoms with E-state index in [-0.39, 0.29) is 0 Å². The Hall–Kier alpha value is 0.270. The minimum absolute atomic E-state index is 0.486. The van der Waals surface area contributed by atoms with Crippen LogP contribution in [0.25, 0.3) is 0 Å². The minimum atomic E-state index is 0.486. The molecule has 0 aromatic heterocycles. The van der Waals surface area contributed by atoms with Crippen molar-refractivity contribution in [2.45, 2.75) is 59.0 Å². The second kappa shape index (κ2) is 7.76. The second-order valence-electron chi connectivity index (χ2n) is 6.60. The predicted molar refractivity (Wildman–Crippen MR) is 84.5 cm³/mol. The van der Waals surface area contributed by atoms with Crippen molar-refractivity contribution in [1.29, 1.82) is 0 Å². The van der Waals surface area contributed by atoms with Crippen LogP contribution in [0.5, 0.6) is 0 Å². The Kier molecular flexibility index (Phi) is 7.04. The molecular formula is C15H32N2S. The van der Waals surface area contributed by atoms with E-state index in [0.717, 1.165) is 0 Å². The fourth-order valence-electron chi connectivity index (χ4n) is 2.29. The van der Waals surface area contributed by atoms with Gasteiger partial charge < -0.3 is 10.2 Å². The summed E-state index contributed by atoms with van der Waals surface area (Å²) in [4.78, 5) is 2.43. The third-order valence-electron chi connectivity index (χ3n) is 4.33. The molecule has 1 atom stereocenters. The maximum absolute atomic E-state index is 3.78. The van der Waals surface area contributed by atoms with Crippen LogP contribution in [0.15, 0.2) is 0 Å². The Morgan fingerprint density at radius 1 is 1.33 bits per heavy atom. The Morgan fingerprint density at radius 2 is 2.06 bits per heavy atom. The molecule has 2 nitrogen and oxygen atoms in total. The van der Waals surface area contributed by atoms with E-state index in [2.05, 4.69) is 56.7 Å². The lowest BCUT2D eigenvalue weighted by atomic mass is 9.82. The maximum Gasteiger partial charge on any atom is 0.0209 e. The molecule has 0 saturated carbocycles. The van der Waals surface area contributed by atoms with Gasteiger partial charge in [-0.1, -0.05) is 13.8 Å². The average molecular weight is 273 g/mol. The van der Waals surface area contributed by atoms with Gasteiger partial charge in [-0.15, -0.1) is 0 Å². The highest BCUT2D eigenvalue weighted by Crippen LogP contribution is 2.33. The molecule has 1 heterocycles. The third kappa shape index (κ3) is 5.50. The van der Waals surface area contributed by atoms with Crippen LogP contribution in [0.3, 0.4) is 0 Å². The van der Waals surface area contributed by atoms with Crippen LogP contribution >= 0.6 is 11.8 Å². The Bertz CT molecular complexity index is 229.